The van der Waals surface area contributed by atoms with Crippen molar-refractivity contribution >= 4 is 27.3 Å². The lowest BCUT2D eigenvalue weighted by molar-refractivity contribution is 0.358. The quantitative estimate of drug-likeness (QED) is 0.798. The molecule has 0 amide bonds. The molecule has 1 aliphatic rings. The fraction of sp³-hybridized carbons (Fsp3) is 0.182. The van der Waals surface area contributed by atoms with Gasteiger partial charge in [0.25, 0.3) is 0 Å². The second-order valence-electron chi connectivity index (χ2n) is 3.37. The molecule has 1 aromatic heterocycles. The van der Waals surface area contributed by atoms with E-state index in [4.69, 9.17) is 4.74 Å². The first-order valence-electron chi connectivity index (χ1n) is 4.71. The Bertz CT molecular complexity index is 509. The minimum Gasteiger partial charge on any atom is -0.492 e. The Morgan fingerprint density at radius 3 is 3.13 bits per heavy atom. The molecule has 1 aromatic carbocycles. The number of hydrogen-bond acceptors (Lipinski definition) is 3. The summed E-state index contributed by atoms with van der Waals surface area (Å²) in [5, 5.41) is 3.00. The third kappa shape index (κ3) is 1.58. The van der Waals surface area contributed by atoms with E-state index in [9.17, 15) is 0 Å². The van der Waals surface area contributed by atoms with Crippen molar-refractivity contribution in [2.75, 3.05) is 6.61 Å². The second-order valence-corrected chi connectivity index (χ2v) is 5.04. The molecule has 0 bridgehead atoms. The average Bonchev–Trinajstić information content (AvgIpc) is 2.84. The predicted octanol–water partition coefficient (Wildman–Crippen LogP) is 3.51. The number of nitrogens with zero attached hydrogens (tertiary/aromatic N) is 1. The monoisotopic (exact) mass is 281 g/mol. The molecule has 15 heavy (non-hydrogen) atoms. The van der Waals surface area contributed by atoms with Gasteiger partial charge in [0, 0.05) is 11.8 Å². The van der Waals surface area contributed by atoms with Gasteiger partial charge in [-0.2, -0.15) is 0 Å². The number of rotatable bonds is 1. The van der Waals surface area contributed by atoms with Gasteiger partial charge < -0.3 is 4.74 Å². The number of thiazole rings is 1. The van der Waals surface area contributed by atoms with Crippen LogP contribution in [0, 0.1) is 0 Å². The minimum absolute atomic E-state index is 0.791. The molecular weight excluding hydrogens is 274 g/mol. The summed E-state index contributed by atoms with van der Waals surface area (Å²) in [6, 6.07) is 6.25. The Morgan fingerprint density at radius 2 is 2.33 bits per heavy atom. The number of benzene rings is 1. The largest absolute Gasteiger partial charge is 0.492 e. The van der Waals surface area contributed by atoms with Crippen molar-refractivity contribution in [1.82, 2.24) is 4.98 Å². The molecule has 0 saturated carbocycles. The Balaban J connectivity index is 2.16. The van der Waals surface area contributed by atoms with Crippen molar-refractivity contribution in [3.63, 3.8) is 0 Å². The number of halogens is 1. The lowest BCUT2D eigenvalue weighted by Gasteiger charge is -2.04. The van der Waals surface area contributed by atoms with Crippen LogP contribution in [-0.2, 0) is 6.42 Å². The first-order chi connectivity index (χ1) is 7.34. The van der Waals surface area contributed by atoms with Gasteiger partial charge in [-0.15, -0.1) is 11.3 Å². The summed E-state index contributed by atoms with van der Waals surface area (Å²) in [6.07, 6.45) is 1.01. The van der Waals surface area contributed by atoms with E-state index in [1.54, 1.807) is 11.3 Å². The molecule has 0 aliphatic carbocycles. The Kier molecular flexibility index (Phi) is 2.25. The Morgan fingerprint density at radius 1 is 1.40 bits per heavy atom. The molecule has 76 valence electrons. The average molecular weight is 282 g/mol. The highest BCUT2D eigenvalue weighted by atomic mass is 79.9. The highest BCUT2D eigenvalue weighted by Gasteiger charge is 2.18. The summed E-state index contributed by atoms with van der Waals surface area (Å²) < 4.78 is 6.53. The SMILES string of the molecule is Brc1csc(-c2cccc3c2OCC3)n1. The number of aromatic nitrogens is 1. The zero-order valence-electron chi connectivity index (χ0n) is 7.87. The van der Waals surface area contributed by atoms with Crippen molar-refractivity contribution in [3.8, 4) is 16.3 Å². The van der Waals surface area contributed by atoms with Crippen LogP contribution in [0.2, 0.25) is 0 Å². The molecule has 1 aliphatic heterocycles. The summed E-state index contributed by atoms with van der Waals surface area (Å²) in [7, 11) is 0. The van der Waals surface area contributed by atoms with Crippen LogP contribution in [0.5, 0.6) is 5.75 Å². The van der Waals surface area contributed by atoms with Crippen LogP contribution in [-0.4, -0.2) is 11.6 Å². The zero-order valence-corrected chi connectivity index (χ0v) is 10.3. The summed E-state index contributed by atoms with van der Waals surface area (Å²) in [4.78, 5) is 4.41. The van der Waals surface area contributed by atoms with E-state index in [1.165, 1.54) is 5.56 Å². The molecule has 0 unspecified atom stereocenters. The normalized spacial score (nSPS) is 13.7. The number of para-hydroxylation sites is 1. The van der Waals surface area contributed by atoms with Crippen molar-refractivity contribution in [2.24, 2.45) is 0 Å². The highest BCUT2D eigenvalue weighted by molar-refractivity contribution is 9.10. The van der Waals surface area contributed by atoms with Gasteiger partial charge in [0.05, 0.1) is 12.2 Å². The van der Waals surface area contributed by atoms with E-state index in [-0.39, 0.29) is 0 Å². The summed E-state index contributed by atoms with van der Waals surface area (Å²) >= 11 is 5.00. The molecule has 4 heteroatoms. The summed E-state index contributed by atoms with van der Waals surface area (Å²) in [6.45, 7) is 0.791. The maximum Gasteiger partial charge on any atom is 0.132 e. The fourth-order valence-corrected chi connectivity index (χ4v) is 3.04. The zero-order chi connectivity index (χ0) is 10.3. The van der Waals surface area contributed by atoms with E-state index in [0.717, 1.165) is 34.0 Å². The number of hydrogen-bond donors (Lipinski definition) is 0. The molecule has 0 radical (unpaired) electrons. The predicted molar refractivity (Wildman–Crippen MR) is 64.4 cm³/mol. The standard InChI is InChI=1S/C11H8BrNOS/c12-9-6-15-11(13-9)8-3-1-2-7-4-5-14-10(7)8/h1-3,6H,4-5H2. The molecule has 2 heterocycles. The van der Waals surface area contributed by atoms with Crippen LogP contribution in [0.25, 0.3) is 10.6 Å². The van der Waals surface area contributed by atoms with Gasteiger partial charge in [0.15, 0.2) is 0 Å². The van der Waals surface area contributed by atoms with Gasteiger partial charge in [-0.3, -0.25) is 0 Å². The lowest BCUT2D eigenvalue weighted by atomic mass is 10.1. The molecule has 0 atom stereocenters. The van der Waals surface area contributed by atoms with Crippen LogP contribution < -0.4 is 4.74 Å². The third-order valence-corrected chi connectivity index (χ3v) is 4.01. The van der Waals surface area contributed by atoms with Crippen molar-refractivity contribution < 1.29 is 4.74 Å². The van der Waals surface area contributed by atoms with E-state index in [2.05, 4.69) is 39.1 Å². The second kappa shape index (κ2) is 3.61. The number of ether oxygens (including phenoxy) is 1. The molecule has 0 N–H and O–H groups in total. The molecule has 0 saturated heterocycles. The first-order valence-corrected chi connectivity index (χ1v) is 6.38. The maximum atomic E-state index is 5.64. The van der Waals surface area contributed by atoms with E-state index in [1.807, 2.05) is 5.38 Å². The van der Waals surface area contributed by atoms with Gasteiger partial charge in [-0.1, -0.05) is 12.1 Å². The van der Waals surface area contributed by atoms with E-state index >= 15 is 0 Å². The van der Waals surface area contributed by atoms with Gasteiger partial charge in [-0.25, -0.2) is 4.98 Å². The molecule has 2 aromatic rings. The maximum absolute atomic E-state index is 5.64. The fourth-order valence-electron chi connectivity index (χ4n) is 1.76. The van der Waals surface area contributed by atoms with Gasteiger partial charge in [0.2, 0.25) is 0 Å². The number of fused-ring (bicyclic) bond motifs is 1. The topological polar surface area (TPSA) is 22.1 Å². The smallest absolute Gasteiger partial charge is 0.132 e. The minimum atomic E-state index is 0.791. The Labute approximate surface area is 100 Å². The highest BCUT2D eigenvalue weighted by Crippen LogP contribution is 2.38. The third-order valence-electron chi connectivity index (χ3n) is 2.42. The van der Waals surface area contributed by atoms with Crippen LogP contribution in [0.15, 0.2) is 28.2 Å². The van der Waals surface area contributed by atoms with Crippen molar-refractivity contribution in [2.45, 2.75) is 6.42 Å². The van der Waals surface area contributed by atoms with Crippen LogP contribution in [0.4, 0.5) is 0 Å². The van der Waals surface area contributed by atoms with Crippen LogP contribution >= 0.6 is 27.3 Å². The first kappa shape index (κ1) is 9.36. The van der Waals surface area contributed by atoms with E-state index in [0.29, 0.717) is 0 Å². The van der Waals surface area contributed by atoms with Crippen molar-refractivity contribution in [3.05, 3.63) is 33.7 Å². The summed E-state index contributed by atoms with van der Waals surface area (Å²) in [5.74, 6) is 1.01. The molecular formula is C11H8BrNOS. The van der Waals surface area contributed by atoms with Gasteiger partial charge in [0.1, 0.15) is 15.4 Å². The van der Waals surface area contributed by atoms with Crippen LogP contribution in [0.3, 0.4) is 0 Å². The van der Waals surface area contributed by atoms with E-state index < -0.39 is 0 Å². The molecule has 2 nitrogen and oxygen atoms in total. The molecule has 0 spiro atoms. The van der Waals surface area contributed by atoms with Crippen LogP contribution in [0.1, 0.15) is 5.56 Å². The van der Waals surface area contributed by atoms with Gasteiger partial charge in [-0.05, 0) is 27.6 Å². The lowest BCUT2D eigenvalue weighted by Crippen LogP contribution is -1.88. The van der Waals surface area contributed by atoms with Crippen molar-refractivity contribution in [1.29, 1.82) is 0 Å². The molecule has 3 rings (SSSR count). The molecule has 0 fully saturated rings. The Hall–Kier alpha value is -0.870. The summed E-state index contributed by atoms with van der Waals surface area (Å²) in [5.41, 5.74) is 2.40. The van der Waals surface area contributed by atoms with Gasteiger partial charge >= 0.3 is 0 Å².